The molecule has 0 radical (unpaired) electrons. The molecule has 2 rings (SSSR count). The van der Waals surface area contributed by atoms with Crippen LogP contribution in [-0.2, 0) is 6.54 Å². The number of halogens is 1. The minimum atomic E-state index is -0.161. The van der Waals surface area contributed by atoms with E-state index >= 15 is 0 Å². The summed E-state index contributed by atoms with van der Waals surface area (Å²) in [4.78, 5) is 2.50. The SMILES string of the molecule is CC(C)(C)C1CNCCN1Cc1ccc(F)cc1. The molecule has 1 heterocycles. The molecule has 0 amide bonds. The molecule has 1 aromatic rings. The predicted octanol–water partition coefficient (Wildman–Crippen LogP) is 2.65. The quantitative estimate of drug-likeness (QED) is 0.868. The molecule has 0 bridgehead atoms. The second-order valence-electron chi connectivity index (χ2n) is 6.18. The van der Waals surface area contributed by atoms with Crippen molar-refractivity contribution in [1.82, 2.24) is 10.2 Å². The Morgan fingerprint density at radius 2 is 1.94 bits per heavy atom. The van der Waals surface area contributed by atoms with Crippen LogP contribution in [0, 0.1) is 11.2 Å². The van der Waals surface area contributed by atoms with Crippen LogP contribution in [-0.4, -0.2) is 30.6 Å². The fourth-order valence-electron chi connectivity index (χ4n) is 2.61. The lowest BCUT2D eigenvalue weighted by Gasteiger charge is -2.43. The summed E-state index contributed by atoms with van der Waals surface area (Å²) in [7, 11) is 0. The van der Waals surface area contributed by atoms with Gasteiger partial charge in [0.1, 0.15) is 5.82 Å². The highest BCUT2D eigenvalue weighted by atomic mass is 19.1. The molecule has 0 saturated carbocycles. The van der Waals surface area contributed by atoms with E-state index in [4.69, 9.17) is 0 Å². The zero-order valence-corrected chi connectivity index (χ0v) is 11.5. The lowest BCUT2D eigenvalue weighted by molar-refractivity contribution is 0.0689. The van der Waals surface area contributed by atoms with E-state index in [1.54, 1.807) is 12.1 Å². The van der Waals surface area contributed by atoms with Crippen LogP contribution in [0.4, 0.5) is 4.39 Å². The summed E-state index contributed by atoms with van der Waals surface area (Å²) in [5.74, 6) is -0.161. The van der Waals surface area contributed by atoms with E-state index in [0.29, 0.717) is 6.04 Å². The summed E-state index contributed by atoms with van der Waals surface area (Å²) < 4.78 is 12.9. The highest BCUT2D eigenvalue weighted by molar-refractivity contribution is 5.16. The second kappa shape index (κ2) is 5.37. The van der Waals surface area contributed by atoms with Crippen LogP contribution in [0.15, 0.2) is 24.3 Å². The van der Waals surface area contributed by atoms with Gasteiger partial charge in [0.2, 0.25) is 0 Å². The average Bonchev–Trinajstić information content (AvgIpc) is 2.31. The van der Waals surface area contributed by atoms with Crippen molar-refractivity contribution in [2.45, 2.75) is 33.4 Å². The van der Waals surface area contributed by atoms with Crippen LogP contribution in [0.2, 0.25) is 0 Å². The molecular weight excluding hydrogens is 227 g/mol. The standard InChI is InChI=1S/C15H23FN2/c1-15(2,3)14-10-17-8-9-18(14)11-12-4-6-13(16)7-5-12/h4-7,14,17H,8-11H2,1-3H3. The van der Waals surface area contributed by atoms with Gasteiger partial charge < -0.3 is 5.32 Å². The van der Waals surface area contributed by atoms with Crippen LogP contribution in [0.5, 0.6) is 0 Å². The number of benzene rings is 1. The lowest BCUT2D eigenvalue weighted by atomic mass is 9.84. The molecule has 100 valence electrons. The molecule has 18 heavy (non-hydrogen) atoms. The monoisotopic (exact) mass is 250 g/mol. The molecule has 1 aliphatic heterocycles. The van der Waals surface area contributed by atoms with Crippen LogP contribution < -0.4 is 5.32 Å². The molecule has 2 nitrogen and oxygen atoms in total. The summed E-state index contributed by atoms with van der Waals surface area (Å²) in [6, 6.07) is 7.39. The first-order valence-corrected chi connectivity index (χ1v) is 6.66. The minimum Gasteiger partial charge on any atom is -0.314 e. The highest BCUT2D eigenvalue weighted by Gasteiger charge is 2.32. The van der Waals surface area contributed by atoms with Gasteiger partial charge in [0.25, 0.3) is 0 Å². The van der Waals surface area contributed by atoms with Crippen molar-refractivity contribution in [3.05, 3.63) is 35.6 Å². The van der Waals surface area contributed by atoms with Crippen molar-refractivity contribution in [2.75, 3.05) is 19.6 Å². The van der Waals surface area contributed by atoms with Gasteiger partial charge in [0.15, 0.2) is 0 Å². The Kier molecular flexibility index (Phi) is 4.03. The number of nitrogens with one attached hydrogen (secondary N) is 1. The van der Waals surface area contributed by atoms with Gasteiger partial charge in [-0.1, -0.05) is 32.9 Å². The Morgan fingerprint density at radius 3 is 2.56 bits per heavy atom. The van der Waals surface area contributed by atoms with Gasteiger partial charge in [-0.3, -0.25) is 4.90 Å². The van der Waals surface area contributed by atoms with Crippen molar-refractivity contribution in [1.29, 1.82) is 0 Å². The van der Waals surface area contributed by atoms with Gasteiger partial charge in [-0.05, 0) is 23.1 Å². The first kappa shape index (κ1) is 13.5. The van der Waals surface area contributed by atoms with Crippen LogP contribution in [0.25, 0.3) is 0 Å². The topological polar surface area (TPSA) is 15.3 Å². The van der Waals surface area contributed by atoms with Gasteiger partial charge in [-0.2, -0.15) is 0 Å². The van der Waals surface area contributed by atoms with Crippen molar-refractivity contribution in [3.8, 4) is 0 Å². The van der Waals surface area contributed by atoms with E-state index < -0.39 is 0 Å². The van der Waals surface area contributed by atoms with Crippen molar-refractivity contribution >= 4 is 0 Å². The molecule has 1 atom stereocenters. The van der Waals surface area contributed by atoms with E-state index in [0.717, 1.165) is 26.2 Å². The van der Waals surface area contributed by atoms with E-state index in [1.165, 1.54) is 5.56 Å². The predicted molar refractivity (Wildman–Crippen MR) is 72.9 cm³/mol. The molecule has 0 spiro atoms. The molecule has 1 aliphatic rings. The Morgan fingerprint density at radius 1 is 1.28 bits per heavy atom. The van der Waals surface area contributed by atoms with Crippen molar-refractivity contribution in [3.63, 3.8) is 0 Å². The number of piperazine rings is 1. The lowest BCUT2D eigenvalue weighted by Crippen LogP contribution is -2.56. The molecule has 1 aromatic carbocycles. The van der Waals surface area contributed by atoms with Crippen LogP contribution in [0.1, 0.15) is 26.3 Å². The first-order valence-electron chi connectivity index (χ1n) is 6.66. The largest absolute Gasteiger partial charge is 0.314 e. The smallest absolute Gasteiger partial charge is 0.123 e. The van der Waals surface area contributed by atoms with Gasteiger partial charge in [0, 0.05) is 32.2 Å². The summed E-state index contributed by atoms with van der Waals surface area (Å²) in [6.45, 7) is 10.9. The van der Waals surface area contributed by atoms with Gasteiger partial charge in [0.05, 0.1) is 0 Å². The zero-order valence-electron chi connectivity index (χ0n) is 11.5. The Labute approximate surface area is 109 Å². The van der Waals surface area contributed by atoms with E-state index in [2.05, 4.69) is 31.0 Å². The van der Waals surface area contributed by atoms with Gasteiger partial charge >= 0.3 is 0 Å². The Balaban J connectivity index is 2.08. The number of hydrogen-bond donors (Lipinski definition) is 1. The zero-order chi connectivity index (χ0) is 13.2. The fraction of sp³-hybridized carbons (Fsp3) is 0.600. The maximum Gasteiger partial charge on any atom is 0.123 e. The molecule has 1 N–H and O–H groups in total. The van der Waals surface area contributed by atoms with E-state index in [9.17, 15) is 4.39 Å². The summed E-state index contributed by atoms with van der Waals surface area (Å²) in [5, 5.41) is 3.46. The molecule has 0 aliphatic carbocycles. The van der Waals surface area contributed by atoms with Crippen molar-refractivity contribution < 1.29 is 4.39 Å². The molecule has 1 unspecified atom stereocenters. The van der Waals surface area contributed by atoms with Crippen LogP contribution >= 0.6 is 0 Å². The Bertz CT molecular complexity index is 380. The summed E-state index contributed by atoms with van der Waals surface area (Å²) in [6.07, 6.45) is 0. The van der Waals surface area contributed by atoms with Crippen LogP contribution in [0.3, 0.4) is 0 Å². The number of nitrogens with zero attached hydrogens (tertiary/aromatic N) is 1. The molecular formula is C15H23FN2. The van der Waals surface area contributed by atoms with Crippen molar-refractivity contribution in [2.24, 2.45) is 5.41 Å². The summed E-state index contributed by atoms with van der Waals surface area (Å²) in [5.41, 5.74) is 1.44. The third-order valence-electron chi connectivity index (χ3n) is 3.65. The Hall–Kier alpha value is -0.930. The van der Waals surface area contributed by atoms with E-state index in [-0.39, 0.29) is 11.2 Å². The molecule has 3 heteroatoms. The fourth-order valence-corrected chi connectivity index (χ4v) is 2.61. The third kappa shape index (κ3) is 3.30. The van der Waals surface area contributed by atoms with Gasteiger partial charge in [-0.15, -0.1) is 0 Å². The van der Waals surface area contributed by atoms with E-state index in [1.807, 2.05) is 12.1 Å². The minimum absolute atomic E-state index is 0.161. The van der Waals surface area contributed by atoms with Gasteiger partial charge in [-0.25, -0.2) is 4.39 Å². The molecule has 0 aromatic heterocycles. The second-order valence-corrected chi connectivity index (χ2v) is 6.18. The maximum atomic E-state index is 12.9. The molecule has 1 fully saturated rings. The summed E-state index contributed by atoms with van der Waals surface area (Å²) >= 11 is 0. The molecule has 1 saturated heterocycles. The number of rotatable bonds is 2. The number of hydrogen-bond acceptors (Lipinski definition) is 2. The normalized spacial score (nSPS) is 22.1. The average molecular weight is 250 g/mol. The third-order valence-corrected chi connectivity index (χ3v) is 3.65. The highest BCUT2D eigenvalue weighted by Crippen LogP contribution is 2.26. The first-order chi connectivity index (χ1) is 8.47. The maximum absolute atomic E-state index is 12.9.